The zero-order chi connectivity index (χ0) is 20.2. The van der Waals surface area contributed by atoms with E-state index in [1.54, 1.807) is 35.2 Å². The molecular weight excluding hydrogens is 390 g/mol. The third-order valence-corrected chi connectivity index (χ3v) is 5.15. The molecule has 1 unspecified atom stereocenters. The standard InChI is InChI=1S/C22H22ClN3O3/c1-2-25-11-10-22(25)29-19-7-5-18(6-8-19)26-12-9-20(13-21(26)27)28-15-17-4-3-16(23)14-24-17/h3-9,12-14,22H,2,10-11,15H2,1H3. The second kappa shape index (κ2) is 8.68. The number of hydrogen-bond donors (Lipinski definition) is 0. The van der Waals surface area contributed by atoms with Crippen molar-refractivity contribution in [2.75, 3.05) is 13.1 Å². The molecule has 7 heteroatoms. The van der Waals surface area contributed by atoms with Crippen molar-refractivity contribution in [3.05, 3.63) is 82.0 Å². The van der Waals surface area contributed by atoms with E-state index >= 15 is 0 Å². The Kier molecular flexibility index (Phi) is 5.83. The van der Waals surface area contributed by atoms with Crippen molar-refractivity contribution in [3.8, 4) is 17.2 Å². The molecule has 1 atom stereocenters. The minimum absolute atomic E-state index is 0.153. The quantitative estimate of drug-likeness (QED) is 0.590. The first-order valence-electron chi connectivity index (χ1n) is 9.59. The van der Waals surface area contributed by atoms with Gasteiger partial charge >= 0.3 is 0 Å². The van der Waals surface area contributed by atoms with Gasteiger partial charge in [-0.1, -0.05) is 18.5 Å². The molecule has 0 spiro atoms. The van der Waals surface area contributed by atoms with Crippen molar-refractivity contribution in [3.63, 3.8) is 0 Å². The molecule has 29 heavy (non-hydrogen) atoms. The predicted molar refractivity (Wildman–Crippen MR) is 112 cm³/mol. The summed E-state index contributed by atoms with van der Waals surface area (Å²) < 4.78 is 13.2. The monoisotopic (exact) mass is 411 g/mol. The first kappa shape index (κ1) is 19.5. The van der Waals surface area contributed by atoms with E-state index in [-0.39, 0.29) is 18.4 Å². The normalized spacial score (nSPS) is 16.3. The summed E-state index contributed by atoms with van der Waals surface area (Å²) in [6.07, 6.45) is 4.46. The fourth-order valence-corrected chi connectivity index (χ4v) is 3.28. The van der Waals surface area contributed by atoms with Crippen LogP contribution >= 0.6 is 11.6 Å². The molecule has 0 N–H and O–H groups in total. The number of ether oxygens (including phenoxy) is 2. The van der Waals surface area contributed by atoms with E-state index in [1.807, 2.05) is 24.3 Å². The van der Waals surface area contributed by atoms with E-state index in [1.165, 1.54) is 6.07 Å². The van der Waals surface area contributed by atoms with E-state index in [2.05, 4.69) is 16.8 Å². The van der Waals surface area contributed by atoms with Crippen LogP contribution < -0.4 is 15.0 Å². The molecule has 1 fully saturated rings. The van der Waals surface area contributed by atoms with Gasteiger partial charge in [0, 0.05) is 37.1 Å². The average molecular weight is 412 g/mol. The van der Waals surface area contributed by atoms with Crippen LogP contribution in [0.4, 0.5) is 0 Å². The summed E-state index contributed by atoms with van der Waals surface area (Å²) >= 11 is 5.83. The minimum Gasteiger partial charge on any atom is -0.487 e. The molecule has 0 bridgehead atoms. The molecule has 3 heterocycles. The molecule has 1 aliphatic rings. The maximum Gasteiger partial charge on any atom is 0.258 e. The number of hydrogen-bond acceptors (Lipinski definition) is 5. The highest BCUT2D eigenvalue weighted by atomic mass is 35.5. The first-order valence-corrected chi connectivity index (χ1v) is 9.97. The van der Waals surface area contributed by atoms with E-state index in [4.69, 9.17) is 21.1 Å². The second-order valence-electron chi connectivity index (χ2n) is 6.81. The Morgan fingerprint density at radius 1 is 1.14 bits per heavy atom. The molecule has 3 aromatic rings. The number of pyridine rings is 2. The molecule has 0 amide bonds. The molecule has 4 rings (SSSR count). The number of aromatic nitrogens is 2. The minimum atomic E-state index is -0.170. The Morgan fingerprint density at radius 3 is 2.59 bits per heavy atom. The van der Waals surface area contributed by atoms with Gasteiger partial charge in [-0.3, -0.25) is 19.2 Å². The Hall–Kier alpha value is -2.83. The lowest BCUT2D eigenvalue weighted by atomic mass is 10.2. The highest BCUT2D eigenvalue weighted by Gasteiger charge is 2.27. The van der Waals surface area contributed by atoms with Crippen LogP contribution in [0.15, 0.2) is 65.7 Å². The number of nitrogens with zero attached hydrogens (tertiary/aromatic N) is 3. The van der Waals surface area contributed by atoms with Crippen LogP contribution in [-0.4, -0.2) is 33.8 Å². The van der Waals surface area contributed by atoms with Crippen LogP contribution in [0, 0.1) is 0 Å². The molecular formula is C22H22ClN3O3. The van der Waals surface area contributed by atoms with Crippen molar-refractivity contribution in [1.82, 2.24) is 14.5 Å². The number of benzene rings is 1. The van der Waals surface area contributed by atoms with Crippen LogP contribution in [-0.2, 0) is 6.61 Å². The van der Waals surface area contributed by atoms with E-state index in [0.29, 0.717) is 10.8 Å². The van der Waals surface area contributed by atoms with Crippen molar-refractivity contribution in [1.29, 1.82) is 0 Å². The Labute approximate surface area is 174 Å². The Balaban J connectivity index is 1.41. The zero-order valence-electron chi connectivity index (χ0n) is 16.1. The van der Waals surface area contributed by atoms with E-state index in [9.17, 15) is 4.79 Å². The van der Waals surface area contributed by atoms with Crippen LogP contribution in [0.2, 0.25) is 5.02 Å². The van der Waals surface area contributed by atoms with Crippen LogP contribution in [0.1, 0.15) is 19.0 Å². The van der Waals surface area contributed by atoms with Gasteiger partial charge in [-0.2, -0.15) is 0 Å². The SMILES string of the molecule is CCN1CCC1Oc1ccc(-n2ccc(OCc3ccc(Cl)cn3)cc2=O)cc1. The maximum absolute atomic E-state index is 12.5. The summed E-state index contributed by atoms with van der Waals surface area (Å²) in [5, 5.41) is 0.572. The first-order chi connectivity index (χ1) is 14.1. The van der Waals surface area contributed by atoms with Gasteiger partial charge in [-0.05, 0) is 49.0 Å². The fourth-order valence-electron chi connectivity index (χ4n) is 3.17. The van der Waals surface area contributed by atoms with Crippen LogP contribution in [0.25, 0.3) is 5.69 Å². The largest absolute Gasteiger partial charge is 0.487 e. The maximum atomic E-state index is 12.5. The van der Waals surface area contributed by atoms with Gasteiger partial charge in [0.15, 0.2) is 6.23 Å². The molecule has 1 aromatic carbocycles. The molecule has 1 aliphatic heterocycles. The molecule has 0 aliphatic carbocycles. The van der Waals surface area contributed by atoms with Gasteiger partial charge in [0.05, 0.1) is 10.7 Å². The summed E-state index contributed by atoms with van der Waals surface area (Å²) in [6, 6.07) is 14.3. The highest BCUT2D eigenvalue weighted by molar-refractivity contribution is 6.30. The molecule has 150 valence electrons. The lowest BCUT2D eigenvalue weighted by Gasteiger charge is -2.39. The van der Waals surface area contributed by atoms with Gasteiger partial charge in [0.1, 0.15) is 18.1 Å². The molecule has 1 saturated heterocycles. The topological polar surface area (TPSA) is 56.6 Å². The number of rotatable bonds is 7. The summed E-state index contributed by atoms with van der Waals surface area (Å²) in [7, 11) is 0. The molecule has 6 nitrogen and oxygen atoms in total. The smallest absolute Gasteiger partial charge is 0.258 e. The van der Waals surface area contributed by atoms with Gasteiger partial charge in [-0.15, -0.1) is 0 Å². The number of halogens is 1. The lowest BCUT2D eigenvalue weighted by molar-refractivity contribution is -0.0505. The van der Waals surface area contributed by atoms with Crippen molar-refractivity contribution < 1.29 is 9.47 Å². The molecule has 0 radical (unpaired) electrons. The third-order valence-electron chi connectivity index (χ3n) is 4.93. The van der Waals surface area contributed by atoms with E-state index < -0.39 is 0 Å². The van der Waals surface area contributed by atoms with Crippen molar-refractivity contribution in [2.24, 2.45) is 0 Å². The Bertz CT molecular complexity index is 1020. The Morgan fingerprint density at radius 2 is 1.97 bits per heavy atom. The van der Waals surface area contributed by atoms with Crippen molar-refractivity contribution in [2.45, 2.75) is 26.2 Å². The van der Waals surface area contributed by atoms with Gasteiger partial charge < -0.3 is 9.47 Å². The molecule has 2 aromatic heterocycles. The summed E-state index contributed by atoms with van der Waals surface area (Å²) in [4.78, 5) is 19.0. The summed E-state index contributed by atoms with van der Waals surface area (Å²) in [5.74, 6) is 1.30. The molecule has 0 saturated carbocycles. The summed E-state index contributed by atoms with van der Waals surface area (Å²) in [6.45, 7) is 4.46. The third kappa shape index (κ3) is 4.60. The lowest BCUT2D eigenvalue weighted by Crippen LogP contribution is -2.50. The van der Waals surface area contributed by atoms with Gasteiger partial charge in [0.2, 0.25) is 0 Å². The second-order valence-corrected chi connectivity index (χ2v) is 7.25. The predicted octanol–water partition coefficient (Wildman–Crippen LogP) is 3.90. The summed E-state index contributed by atoms with van der Waals surface area (Å²) in [5.41, 5.74) is 1.34. The number of likely N-dealkylation sites (tertiary alicyclic amines) is 1. The van der Waals surface area contributed by atoms with Crippen LogP contribution in [0.3, 0.4) is 0 Å². The van der Waals surface area contributed by atoms with Crippen LogP contribution in [0.5, 0.6) is 11.5 Å². The van der Waals surface area contributed by atoms with Gasteiger partial charge in [0.25, 0.3) is 5.56 Å². The van der Waals surface area contributed by atoms with E-state index in [0.717, 1.165) is 36.6 Å². The van der Waals surface area contributed by atoms with Gasteiger partial charge in [-0.25, -0.2) is 0 Å². The highest BCUT2D eigenvalue weighted by Crippen LogP contribution is 2.23. The van der Waals surface area contributed by atoms with Crippen molar-refractivity contribution >= 4 is 11.6 Å². The average Bonchev–Trinajstić information content (AvgIpc) is 2.72. The zero-order valence-corrected chi connectivity index (χ0v) is 16.9. The fraction of sp³-hybridized carbons (Fsp3) is 0.273.